The Bertz CT molecular complexity index is 1510. The monoisotopic (exact) mass is 602 g/mol. The number of aromatic nitrogens is 2. The average molecular weight is 603 g/mol. The summed E-state index contributed by atoms with van der Waals surface area (Å²) in [5, 5.41) is 4.17. The molecule has 2 aliphatic rings. The second-order valence-electron chi connectivity index (χ2n) is 11.2. The maximum atomic E-state index is 15.4. The van der Waals surface area contributed by atoms with Crippen LogP contribution < -0.4 is 14.8 Å². The Labute approximate surface area is 256 Å². The fourth-order valence-corrected chi connectivity index (χ4v) is 6.86. The van der Waals surface area contributed by atoms with Crippen LogP contribution in [0, 0.1) is 5.82 Å². The van der Waals surface area contributed by atoms with Crippen LogP contribution in [0.2, 0.25) is 5.02 Å². The topological polar surface area (TPSA) is 59.1 Å². The first kappa shape index (κ1) is 28.8. The molecular weight excluding hydrogens is 567 g/mol. The standard InChI is InChI=1S/C34H36ClFN4OS/c35-28-13-7-8-14-33(28)42-40-26-16-18-31(29(36)22-26)41-32-21-24(23-9-3-1-4-10-23)15-17-27(32)30-19-20-37-34(39-30)38-25-11-5-2-6-12-25/h7-8,13-23,25,40H,1-6,9-12H2,(H,37,38,39). The Morgan fingerprint density at radius 1 is 0.833 bits per heavy atom. The molecule has 0 amide bonds. The van der Waals surface area contributed by atoms with Gasteiger partial charge in [-0.25, -0.2) is 14.4 Å². The number of halogens is 2. The van der Waals surface area contributed by atoms with E-state index in [0.29, 0.717) is 34.4 Å². The Morgan fingerprint density at radius 3 is 2.40 bits per heavy atom. The van der Waals surface area contributed by atoms with Crippen LogP contribution in [0.1, 0.15) is 75.7 Å². The Balaban J connectivity index is 1.26. The summed E-state index contributed by atoms with van der Waals surface area (Å²) in [5.74, 6) is 1.43. The van der Waals surface area contributed by atoms with E-state index in [1.54, 1.807) is 12.3 Å². The molecule has 0 aliphatic heterocycles. The summed E-state index contributed by atoms with van der Waals surface area (Å²) in [6.07, 6.45) is 13.9. The molecule has 1 heterocycles. The van der Waals surface area contributed by atoms with E-state index in [0.717, 1.165) is 29.0 Å². The minimum atomic E-state index is -0.448. The molecule has 3 aromatic carbocycles. The normalized spacial score (nSPS) is 16.2. The van der Waals surface area contributed by atoms with Crippen molar-refractivity contribution < 1.29 is 9.13 Å². The third-order valence-electron chi connectivity index (χ3n) is 8.22. The molecule has 0 saturated heterocycles. The Kier molecular flexibility index (Phi) is 9.46. The third kappa shape index (κ3) is 7.19. The molecule has 0 spiro atoms. The van der Waals surface area contributed by atoms with Crippen molar-refractivity contribution in [2.45, 2.75) is 81.1 Å². The van der Waals surface area contributed by atoms with Crippen molar-refractivity contribution >= 4 is 35.2 Å². The van der Waals surface area contributed by atoms with Gasteiger partial charge in [0, 0.05) is 34.5 Å². The zero-order chi connectivity index (χ0) is 28.7. The number of anilines is 2. The Hall–Kier alpha value is -3.29. The van der Waals surface area contributed by atoms with E-state index < -0.39 is 5.82 Å². The summed E-state index contributed by atoms with van der Waals surface area (Å²) in [4.78, 5) is 10.2. The first-order chi connectivity index (χ1) is 20.6. The highest BCUT2D eigenvalue weighted by atomic mass is 35.5. The van der Waals surface area contributed by atoms with Crippen LogP contribution in [0.4, 0.5) is 16.0 Å². The lowest BCUT2D eigenvalue weighted by Crippen LogP contribution is -2.23. The molecule has 6 rings (SSSR count). The van der Waals surface area contributed by atoms with E-state index in [2.05, 4.69) is 33.2 Å². The molecule has 0 radical (unpaired) electrons. The summed E-state index contributed by atoms with van der Waals surface area (Å²) in [6, 6.07) is 21.1. The lowest BCUT2D eigenvalue weighted by atomic mass is 9.83. The van der Waals surface area contributed by atoms with E-state index >= 15 is 4.39 Å². The van der Waals surface area contributed by atoms with Crippen LogP contribution in [0.3, 0.4) is 0 Å². The molecule has 4 aromatic rings. The largest absolute Gasteiger partial charge is 0.454 e. The molecule has 1 aromatic heterocycles. The highest BCUT2D eigenvalue weighted by Crippen LogP contribution is 2.40. The smallest absolute Gasteiger partial charge is 0.223 e. The molecule has 218 valence electrons. The second kappa shape index (κ2) is 13.8. The van der Waals surface area contributed by atoms with Crippen LogP contribution in [0.5, 0.6) is 11.5 Å². The van der Waals surface area contributed by atoms with E-state index in [1.165, 1.54) is 74.9 Å². The zero-order valence-corrected chi connectivity index (χ0v) is 25.2. The zero-order valence-electron chi connectivity index (χ0n) is 23.6. The number of hydrogen-bond donors (Lipinski definition) is 2. The van der Waals surface area contributed by atoms with Gasteiger partial charge in [-0.05, 0) is 91.6 Å². The van der Waals surface area contributed by atoms with Crippen molar-refractivity contribution in [1.82, 2.24) is 9.97 Å². The van der Waals surface area contributed by atoms with E-state index in [-0.39, 0.29) is 5.75 Å². The Morgan fingerprint density at radius 2 is 1.62 bits per heavy atom. The quantitative estimate of drug-likeness (QED) is 0.186. The molecule has 0 bridgehead atoms. The number of hydrogen-bond acceptors (Lipinski definition) is 6. The molecule has 0 atom stereocenters. The van der Waals surface area contributed by atoms with Gasteiger partial charge in [0.1, 0.15) is 5.75 Å². The van der Waals surface area contributed by atoms with Crippen molar-refractivity contribution in [3.63, 3.8) is 0 Å². The molecule has 2 fully saturated rings. The summed E-state index contributed by atoms with van der Waals surface area (Å²) in [7, 11) is 0. The van der Waals surface area contributed by atoms with Gasteiger partial charge < -0.3 is 14.8 Å². The minimum absolute atomic E-state index is 0.167. The summed E-state index contributed by atoms with van der Waals surface area (Å²) in [6.45, 7) is 0. The predicted molar refractivity (Wildman–Crippen MR) is 171 cm³/mol. The summed E-state index contributed by atoms with van der Waals surface area (Å²) in [5.41, 5.74) is 3.43. The van der Waals surface area contributed by atoms with Crippen LogP contribution in [-0.2, 0) is 0 Å². The lowest BCUT2D eigenvalue weighted by molar-refractivity contribution is 0.432. The summed E-state index contributed by atoms with van der Waals surface area (Å²) >= 11 is 7.60. The van der Waals surface area contributed by atoms with Crippen LogP contribution in [0.15, 0.2) is 77.8 Å². The maximum Gasteiger partial charge on any atom is 0.223 e. The van der Waals surface area contributed by atoms with Gasteiger partial charge >= 0.3 is 0 Å². The fraction of sp³-hybridized carbons (Fsp3) is 0.353. The van der Waals surface area contributed by atoms with Gasteiger partial charge in [0.05, 0.1) is 10.7 Å². The first-order valence-electron chi connectivity index (χ1n) is 15.0. The van der Waals surface area contributed by atoms with E-state index in [1.807, 2.05) is 36.4 Å². The molecule has 5 nitrogen and oxygen atoms in total. The number of nitrogens with one attached hydrogen (secondary N) is 2. The molecule has 2 saturated carbocycles. The highest BCUT2D eigenvalue weighted by molar-refractivity contribution is 8.00. The van der Waals surface area contributed by atoms with Crippen molar-refractivity contribution in [2.24, 2.45) is 0 Å². The van der Waals surface area contributed by atoms with Gasteiger partial charge in [0.25, 0.3) is 0 Å². The molecule has 0 unspecified atom stereocenters. The molecule has 2 aliphatic carbocycles. The van der Waals surface area contributed by atoms with Crippen LogP contribution >= 0.6 is 23.5 Å². The number of nitrogens with zero attached hydrogens (tertiary/aromatic N) is 2. The van der Waals surface area contributed by atoms with Gasteiger partial charge in [0.15, 0.2) is 11.6 Å². The lowest BCUT2D eigenvalue weighted by Gasteiger charge is -2.24. The van der Waals surface area contributed by atoms with Crippen molar-refractivity contribution in [3.8, 4) is 22.8 Å². The van der Waals surface area contributed by atoms with Crippen molar-refractivity contribution in [1.29, 1.82) is 0 Å². The van der Waals surface area contributed by atoms with Crippen LogP contribution in [0.25, 0.3) is 11.3 Å². The highest BCUT2D eigenvalue weighted by Gasteiger charge is 2.20. The number of benzene rings is 3. The van der Waals surface area contributed by atoms with Gasteiger partial charge in [-0.1, -0.05) is 68.3 Å². The molecule has 2 N–H and O–H groups in total. The van der Waals surface area contributed by atoms with Gasteiger partial charge in [-0.2, -0.15) is 0 Å². The average Bonchev–Trinajstić information content (AvgIpc) is 3.03. The third-order valence-corrected chi connectivity index (χ3v) is 9.57. The number of ether oxygens (including phenoxy) is 1. The number of rotatable bonds is 9. The van der Waals surface area contributed by atoms with E-state index in [9.17, 15) is 0 Å². The van der Waals surface area contributed by atoms with Gasteiger partial charge in [0.2, 0.25) is 5.95 Å². The maximum absolute atomic E-state index is 15.4. The van der Waals surface area contributed by atoms with Crippen molar-refractivity contribution in [2.75, 3.05) is 10.0 Å². The molecule has 8 heteroatoms. The van der Waals surface area contributed by atoms with Crippen molar-refractivity contribution in [3.05, 3.63) is 89.3 Å². The summed E-state index contributed by atoms with van der Waals surface area (Å²) < 4.78 is 24.9. The van der Waals surface area contributed by atoms with Gasteiger partial charge in [-0.3, -0.25) is 0 Å². The SMILES string of the molecule is Fc1cc(NSc2ccccc2Cl)ccc1Oc1cc(C2CCCCC2)ccc1-c1ccnc(NC2CCCCC2)n1. The fourth-order valence-electron chi connectivity index (χ4n) is 5.94. The predicted octanol–water partition coefficient (Wildman–Crippen LogP) is 10.6. The molecular formula is C34H36ClFN4OS. The van der Waals surface area contributed by atoms with E-state index in [4.69, 9.17) is 21.3 Å². The first-order valence-corrected chi connectivity index (χ1v) is 16.2. The van der Waals surface area contributed by atoms with Crippen LogP contribution in [-0.4, -0.2) is 16.0 Å². The minimum Gasteiger partial charge on any atom is -0.454 e. The van der Waals surface area contributed by atoms with Gasteiger partial charge in [-0.15, -0.1) is 0 Å². The second-order valence-corrected chi connectivity index (χ2v) is 12.5. The molecule has 42 heavy (non-hydrogen) atoms.